The maximum absolute atomic E-state index is 11.1. The molecule has 3 fully saturated rings. The lowest BCUT2D eigenvalue weighted by molar-refractivity contribution is -0.150. The lowest BCUT2D eigenvalue weighted by Gasteiger charge is -2.44. The van der Waals surface area contributed by atoms with Gasteiger partial charge in [-0.25, -0.2) is 0 Å². The number of carboxylic acid groups (broad SMARTS) is 1. The monoisotopic (exact) mass is 192 g/mol. The third kappa shape index (κ3) is 0.757. The van der Waals surface area contributed by atoms with Crippen LogP contribution < -0.4 is 0 Å². The second-order valence-electron chi connectivity index (χ2n) is 4.49. The molecule has 74 valence electrons. The quantitative estimate of drug-likeness (QED) is 0.780. The molecule has 3 aliphatic rings. The van der Waals surface area contributed by atoms with Gasteiger partial charge in [0.15, 0.2) is 0 Å². The van der Waals surface area contributed by atoms with Crippen LogP contribution >= 0.6 is 0 Å². The van der Waals surface area contributed by atoms with Crippen molar-refractivity contribution in [1.82, 2.24) is 0 Å². The maximum Gasteiger partial charge on any atom is 0.307 e. The molecule has 0 amide bonds. The number of carbonyl (C=O) groups is 1. The van der Waals surface area contributed by atoms with Gasteiger partial charge in [-0.2, -0.15) is 0 Å². The molecule has 1 heterocycles. The fraction of sp³-hybridized carbons (Fsp3) is 0.545. The summed E-state index contributed by atoms with van der Waals surface area (Å²) in [6.07, 6.45) is 6.44. The molecule has 0 spiro atoms. The number of hydrogen-bond acceptors (Lipinski definition) is 2. The second kappa shape index (κ2) is 2.41. The fourth-order valence-corrected chi connectivity index (χ4v) is 3.40. The van der Waals surface area contributed by atoms with Gasteiger partial charge in [0.2, 0.25) is 0 Å². The van der Waals surface area contributed by atoms with Crippen LogP contribution in [0.15, 0.2) is 23.0 Å². The number of aliphatic carboxylic acids is 1. The third-order valence-corrected chi connectivity index (χ3v) is 4.02. The molecule has 3 heteroatoms. The predicted molar refractivity (Wildman–Crippen MR) is 48.9 cm³/mol. The molecule has 0 aromatic carbocycles. The van der Waals surface area contributed by atoms with E-state index in [9.17, 15) is 4.79 Å². The third-order valence-electron chi connectivity index (χ3n) is 4.02. The Morgan fingerprint density at radius 3 is 3.07 bits per heavy atom. The lowest BCUT2D eigenvalue weighted by Crippen LogP contribution is -2.48. The van der Waals surface area contributed by atoms with Crippen molar-refractivity contribution in [3.63, 3.8) is 0 Å². The van der Waals surface area contributed by atoms with Crippen molar-refractivity contribution in [2.75, 3.05) is 0 Å². The first-order valence-corrected chi connectivity index (χ1v) is 4.99. The van der Waals surface area contributed by atoms with Gasteiger partial charge in [0, 0.05) is 5.41 Å². The van der Waals surface area contributed by atoms with E-state index in [4.69, 9.17) is 9.52 Å². The summed E-state index contributed by atoms with van der Waals surface area (Å²) in [7, 11) is 0. The summed E-state index contributed by atoms with van der Waals surface area (Å²) < 4.78 is 5.05. The number of furan rings is 1. The van der Waals surface area contributed by atoms with Crippen molar-refractivity contribution >= 4 is 5.97 Å². The summed E-state index contributed by atoms with van der Waals surface area (Å²) in [5.74, 6) is -0.401. The van der Waals surface area contributed by atoms with Crippen molar-refractivity contribution < 1.29 is 14.3 Å². The molecule has 1 aromatic heterocycles. The number of fused-ring (bicyclic) bond motifs is 1. The topological polar surface area (TPSA) is 50.4 Å². The Kier molecular flexibility index (Phi) is 1.39. The van der Waals surface area contributed by atoms with Gasteiger partial charge in [-0.3, -0.25) is 4.79 Å². The molecule has 14 heavy (non-hydrogen) atoms. The van der Waals surface area contributed by atoms with Crippen LogP contribution in [0.25, 0.3) is 0 Å². The first kappa shape index (κ1) is 8.09. The molecule has 0 aliphatic heterocycles. The molecule has 3 atom stereocenters. The average Bonchev–Trinajstić information content (AvgIpc) is 2.77. The Morgan fingerprint density at radius 2 is 2.50 bits per heavy atom. The Balaban J connectivity index is 2.01. The molecule has 3 saturated carbocycles. The predicted octanol–water partition coefficient (Wildman–Crippen LogP) is 2.03. The van der Waals surface area contributed by atoms with Gasteiger partial charge in [-0.15, -0.1) is 0 Å². The molecular formula is C11H12O3. The fourth-order valence-electron chi connectivity index (χ4n) is 3.40. The summed E-state index contributed by atoms with van der Waals surface area (Å²) >= 11 is 0. The van der Waals surface area contributed by atoms with Crippen LogP contribution in [0.5, 0.6) is 0 Å². The molecule has 3 aliphatic carbocycles. The molecule has 2 bridgehead atoms. The van der Waals surface area contributed by atoms with Gasteiger partial charge >= 0.3 is 5.97 Å². The van der Waals surface area contributed by atoms with E-state index in [1.807, 2.05) is 6.07 Å². The first-order chi connectivity index (χ1) is 6.74. The number of carboxylic acids is 1. The van der Waals surface area contributed by atoms with E-state index < -0.39 is 5.97 Å². The van der Waals surface area contributed by atoms with E-state index in [1.165, 1.54) is 0 Å². The standard InChI is InChI=1S/C11H12O3/c12-10(13)9-7-1-3-11(9,5-7)8-2-4-14-6-8/h2,4,6-7,9H,1,3,5H2,(H,12,13). The number of hydrogen-bond donors (Lipinski definition) is 1. The van der Waals surface area contributed by atoms with Crippen LogP contribution in [0.3, 0.4) is 0 Å². The van der Waals surface area contributed by atoms with Gasteiger partial charge < -0.3 is 9.52 Å². The molecule has 1 aromatic rings. The summed E-state index contributed by atoms with van der Waals surface area (Å²) in [6.45, 7) is 0. The molecule has 4 rings (SSSR count). The highest BCUT2D eigenvalue weighted by atomic mass is 16.4. The SMILES string of the molecule is O=C(O)C1C2CCC1(c1ccoc1)C2. The van der Waals surface area contributed by atoms with Crippen molar-refractivity contribution in [2.45, 2.75) is 24.7 Å². The Morgan fingerprint density at radius 1 is 1.64 bits per heavy atom. The highest BCUT2D eigenvalue weighted by molar-refractivity contribution is 5.75. The van der Waals surface area contributed by atoms with E-state index in [0.717, 1.165) is 24.8 Å². The van der Waals surface area contributed by atoms with Crippen LogP contribution in [0.1, 0.15) is 24.8 Å². The van der Waals surface area contributed by atoms with Crippen LogP contribution in [0.4, 0.5) is 0 Å². The van der Waals surface area contributed by atoms with E-state index in [-0.39, 0.29) is 11.3 Å². The van der Waals surface area contributed by atoms with Crippen LogP contribution in [-0.4, -0.2) is 11.1 Å². The van der Waals surface area contributed by atoms with Crippen LogP contribution in [0.2, 0.25) is 0 Å². The van der Waals surface area contributed by atoms with Crippen molar-refractivity contribution in [2.24, 2.45) is 11.8 Å². The second-order valence-corrected chi connectivity index (χ2v) is 4.49. The Hall–Kier alpha value is -1.25. The van der Waals surface area contributed by atoms with E-state index in [2.05, 4.69) is 0 Å². The summed E-state index contributed by atoms with van der Waals surface area (Å²) in [4.78, 5) is 11.1. The zero-order chi connectivity index (χ0) is 9.76. The maximum atomic E-state index is 11.1. The molecule has 3 nitrogen and oxygen atoms in total. The van der Waals surface area contributed by atoms with Gasteiger partial charge in [0.1, 0.15) is 0 Å². The number of rotatable bonds is 2. The normalized spacial score (nSPS) is 39.4. The molecule has 0 saturated heterocycles. The van der Waals surface area contributed by atoms with Crippen molar-refractivity contribution in [1.29, 1.82) is 0 Å². The minimum atomic E-state index is -0.639. The van der Waals surface area contributed by atoms with Crippen molar-refractivity contribution in [3.8, 4) is 0 Å². The zero-order valence-corrected chi connectivity index (χ0v) is 7.77. The first-order valence-electron chi connectivity index (χ1n) is 4.99. The minimum absolute atomic E-state index is 0.0937. The summed E-state index contributed by atoms with van der Waals surface area (Å²) in [5, 5.41) is 9.15. The lowest BCUT2D eigenvalue weighted by atomic mass is 9.57. The molecule has 1 N–H and O–H groups in total. The molecule has 0 radical (unpaired) electrons. The van der Waals surface area contributed by atoms with E-state index in [0.29, 0.717) is 5.92 Å². The van der Waals surface area contributed by atoms with E-state index >= 15 is 0 Å². The zero-order valence-electron chi connectivity index (χ0n) is 7.77. The smallest absolute Gasteiger partial charge is 0.307 e. The van der Waals surface area contributed by atoms with E-state index in [1.54, 1.807) is 12.5 Å². The average molecular weight is 192 g/mol. The van der Waals surface area contributed by atoms with Gasteiger partial charge in [-0.05, 0) is 36.8 Å². The largest absolute Gasteiger partial charge is 0.481 e. The minimum Gasteiger partial charge on any atom is -0.481 e. The Labute approximate surface area is 81.7 Å². The molecule has 3 unspecified atom stereocenters. The van der Waals surface area contributed by atoms with Crippen molar-refractivity contribution in [3.05, 3.63) is 24.2 Å². The Bertz CT molecular complexity index is 364. The summed E-state index contributed by atoms with van der Waals surface area (Å²) in [5.41, 5.74) is 0.988. The van der Waals surface area contributed by atoms with Crippen LogP contribution in [-0.2, 0) is 10.2 Å². The van der Waals surface area contributed by atoms with Gasteiger partial charge in [0.05, 0.1) is 18.4 Å². The molecular weight excluding hydrogens is 180 g/mol. The van der Waals surface area contributed by atoms with Gasteiger partial charge in [-0.1, -0.05) is 0 Å². The highest BCUT2D eigenvalue weighted by Crippen LogP contribution is 2.63. The van der Waals surface area contributed by atoms with Gasteiger partial charge in [0.25, 0.3) is 0 Å². The summed E-state index contributed by atoms with van der Waals surface area (Å²) in [6, 6.07) is 1.91. The van der Waals surface area contributed by atoms with Crippen LogP contribution in [0, 0.1) is 11.8 Å². The highest BCUT2D eigenvalue weighted by Gasteiger charge is 2.63.